The fourth-order valence-corrected chi connectivity index (χ4v) is 3.27. The first-order valence-corrected chi connectivity index (χ1v) is 8.51. The van der Waals surface area contributed by atoms with Gasteiger partial charge in [-0.2, -0.15) is 0 Å². The van der Waals surface area contributed by atoms with Crippen LogP contribution in [0.4, 0.5) is 5.69 Å². The molecular formula is C18H31N3. The monoisotopic (exact) mass is 289 g/mol. The van der Waals surface area contributed by atoms with Crippen LogP contribution in [-0.4, -0.2) is 49.7 Å². The van der Waals surface area contributed by atoms with E-state index in [9.17, 15) is 0 Å². The Morgan fingerprint density at radius 3 is 2.33 bits per heavy atom. The van der Waals surface area contributed by atoms with Gasteiger partial charge in [0, 0.05) is 37.4 Å². The number of piperidine rings is 1. The molecule has 1 aliphatic rings. The lowest BCUT2D eigenvalue weighted by atomic mass is 10.0. The van der Waals surface area contributed by atoms with Gasteiger partial charge >= 0.3 is 0 Å². The first-order chi connectivity index (χ1) is 10.2. The molecule has 1 unspecified atom stereocenters. The molecule has 0 spiro atoms. The van der Waals surface area contributed by atoms with E-state index in [1.807, 2.05) is 0 Å². The summed E-state index contributed by atoms with van der Waals surface area (Å²) < 4.78 is 0. The Bertz CT molecular complexity index is 381. The number of hydrogen-bond acceptors (Lipinski definition) is 3. The molecule has 1 fully saturated rings. The fraction of sp³-hybridized carbons (Fsp3) is 0.667. The van der Waals surface area contributed by atoms with Crippen molar-refractivity contribution in [1.82, 2.24) is 10.2 Å². The standard InChI is InChI=1S/C18H31N3/c1-4-20(5-2)15-16(3)19-17-11-13-21(14-12-17)18-9-7-6-8-10-18/h6-10,16-17,19H,4-5,11-15H2,1-3H3. The number of anilines is 1. The second-order valence-corrected chi connectivity index (χ2v) is 6.15. The van der Waals surface area contributed by atoms with Crippen molar-refractivity contribution < 1.29 is 0 Å². The molecule has 0 radical (unpaired) electrons. The number of likely N-dealkylation sites (N-methyl/N-ethyl adjacent to an activating group) is 1. The van der Waals surface area contributed by atoms with E-state index in [2.05, 4.69) is 66.2 Å². The molecule has 3 heteroatoms. The van der Waals surface area contributed by atoms with E-state index in [0.717, 1.165) is 19.6 Å². The Hall–Kier alpha value is -1.06. The maximum absolute atomic E-state index is 3.82. The molecule has 0 aromatic heterocycles. The van der Waals surface area contributed by atoms with Crippen LogP contribution in [0, 0.1) is 0 Å². The molecule has 1 aliphatic heterocycles. The summed E-state index contributed by atoms with van der Waals surface area (Å²) in [5.74, 6) is 0. The molecule has 3 nitrogen and oxygen atoms in total. The molecule has 1 saturated heterocycles. The van der Waals surface area contributed by atoms with Crippen LogP contribution in [0.15, 0.2) is 30.3 Å². The van der Waals surface area contributed by atoms with Gasteiger partial charge in [0.05, 0.1) is 0 Å². The zero-order valence-corrected chi connectivity index (χ0v) is 13.9. The summed E-state index contributed by atoms with van der Waals surface area (Å²) in [5.41, 5.74) is 1.37. The lowest BCUT2D eigenvalue weighted by Gasteiger charge is -2.36. The largest absolute Gasteiger partial charge is 0.371 e. The van der Waals surface area contributed by atoms with Crippen LogP contribution >= 0.6 is 0 Å². The zero-order chi connectivity index (χ0) is 15.1. The van der Waals surface area contributed by atoms with E-state index in [4.69, 9.17) is 0 Å². The van der Waals surface area contributed by atoms with E-state index >= 15 is 0 Å². The van der Waals surface area contributed by atoms with Crippen molar-refractivity contribution in [3.63, 3.8) is 0 Å². The molecule has 21 heavy (non-hydrogen) atoms. The lowest BCUT2D eigenvalue weighted by Crippen LogP contribution is -2.48. The number of nitrogens with zero attached hydrogens (tertiary/aromatic N) is 2. The lowest BCUT2D eigenvalue weighted by molar-refractivity contribution is 0.253. The molecule has 118 valence electrons. The van der Waals surface area contributed by atoms with Crippen molar-refractivity contribution >= 4 is 5.69 Å². The van der Waals surface area contributed by atoms with Crippen LogP contribution in [0.3, 0.4) is 0 Å². The Kier molecular flexibility index (Phi) is 6.52. The topological polar surface area (TPSA) is 18.5 Å². The van der Waals surface area contributed by atoms with Crippen molar-refractivity contribution in [3.8, 4) is 0 Å². The van der Waals surface area contributed by atoms with E-state index in [1.54, 1.807) is 0 Å². The molecule has 1 heterocycles. The van der Waals surface area contributed by atoms with Crippen molar-refractivity contribution in [3.05, 3.63) is 30.3 Å². The molecule has 0 saturated carbocycles. The average molecular weight is 289 g/mol. The maximum Gasteiger partial charge on any atom is 0.0366 e. The Morgan fingerprint density at radius 1 is 1.14 bits per heavy atom. The minimum Gasteiger partial charge on any atom is -0.371 e. The quantitative estimate of drug-likeness (QED) is 0.832. The first kappa shape index (κ1) is 16.3. The van der Waals surface area contributed by atoms with Crippen LogP contribution < -0.4 is 10.2 Å². The molecule has 0 aliphatic carbocycles. The minimum absolute atomic E-state index is 0.582. The molecule has 1 atom stereocenters. The highest BCUT2D eigenvalue weighted by atomic mass is 15.2. The van der Waals surface area contributed by atoms with Gasteiger partial charge in [-0.15, -0.1) is 0 Å². The zero-order valence-electron chi connectivity index (χ0n) is 13.9. The van der Waals surface area contributed by atoms with Crippen molar-refractivity contribution in [2.24, 2.45) is 0 Å². The Labute approximate surface area is 130 Å². The van der Waals surface area contributed by atoms with Crippen LogP contribution in [0.1, 0.15) is 33.6 Å². The highest BCUT2D eigenvalue weighted by Gasteiger charge is 2.20. The van der Waals surface area contributed by atoms with Gasteiger partial charge in [0.2, 0.25) is 0 Å². The molecule has 2 rings (SSSR count). The first-order valence-electron chi connectivity index (χ1n) is 8.51. The van der Waals surface area contributed by atoms with Gasteiger partial charge in [0.15, 0.2) is 0 Å². The van der Waals surface area contributed by atoms with Gasteiger partial charge in [-0.1, -0.05) is 32.0 Å². The van der Waals surface area contributed by atoms with Crippen molar-refractivity contribution in [2.75, 3.05) is 37.6 Å². The summed E-state index contributed by atoms with van der Waals surface area (Å²) in [6.45, 7) is 12.6. The number of nitrogens with one attached hydrogen (secondary N) is 1. The van der Waals surface area contributed by atoms with Gasteiger partial charge < -0.3 is 15.1 Å². The van der Waals surface area contributed by atoms with Crippen molar-refractivity contribution in [2.45, 2.75) is 45.7 Å². The number of benzene rings is 1. The second-order valence-electron chi connectivity index (χ2n) is 6.15. The average Bonchev–Trinajstić information content (AvgIpc) is 2.54. The third-order valence-corrected chi connectivity index (χ3v) is 4.56. The Morgan fingerprint density at radius 2 is 1.76 bits per heavy atom. The molecule has 0 amide bonds. The third-order valence-electron chi connectivity index (χ3n) is 4.56. The van der Waals surface area contributed by atoms with Crippen LogP contribution in [0.25, 0.3) is 0 Å². The van der Waals surface area contributed by atoms with Crippen LogP contribution in [-0.2, 0) is 0 Å². The second kappa shape index (κ2) is 8.40. The summed E-state index contributed by atoms with van der Waals surface area (Å²) >= 11 is 0. The summed E-state index contributed by atoms with van der Waals surface area (Å²) in [7, 11) is 0. The summed E-state index contributed by atoms with van der Waals surface area (Å²) in [6, 6.07) is 12.0. The van der Waals surface area contributed by atoms with Gasteiger partial charge in [-0.3, -0.25) is 0 Å². The highest BCUT2D eigenvalue weighted by molar-refractivity contribution is 5.46. The van der Waals surface area contributed by atoms with Crippen molar-refractivity contribution in [1.29, 1.82) is 0 Å². The predicted molar refractivity (Wildman–Crippen MR) is 92.1 cm³/mol. The molecule has 0 bridgehead atoms. The highest BCUT2D eigenvalue weighted by Crippen LogP contribution is 2.19. The van der Waals surface area contributed by atoms with Gasteiger partial charge in [-0.25, -0.2) is 0 Å². The Balaban J connectivity index is 1.74. The van der Waals surface area contributed by atoms with Gasteiger partial charge in [-0.05, 0) is 45.0 Å². The normalized spacial score (nSPS) is 18.2. The van der Waals surface area contributed by atoms with Gasteiger partial charge in [0.25, 0.3) is 0 Å². The predicted octanol–water partition coefficient (Wildman–Crippen LogP) is 2.98. The van der Waals surface area contributed by atoms with E-state index in [1.165, 1.54) is 31.6 Å². The minimum atomic E-state index is 0.582. The number of hydrogen-bond donors (Lipinski definition) is 1. The SMILES string of the molecule is CCN(CC)CC(C)NC1CCN(c2ccccc2)CC1. The fourth-order valence-electron chi connectivity index (χ4n) is 3.27. The number of rotatable bonds is 7. The summed E-state index contributed by atoms with van der Waals surface area (Å²) in [4.78, 5) is 5.00. The van der Waals surface area contributed by atoms with Crippen LogP contribution in [0.5, 0.6) is 0 Å². The smallest absolute Gasteiger partial charge is 0.0366 e. The van der Waals surface area contributed by atoms with Gasteiger partial charge in [0.1, 0.15) is 0 Å². The molecule has 1 N–H and O–H groups in total. The summed E-state index contributed by atoms with van der Waals surface area (Å²) in [5, 5.41) is 3.82. The van der Waals surface area contributed by atoms with E-state index in [0.29, 0.717) is 12.1 Å². The van der Waals surface area contributed by atoms with Crippen LogP contribution in [0.2, 0.25) is 0 Å². The molecule has 1 aromatic rings. The maximum atomic E-state index is 3.82. The molecule has 1 aromatic carbocycles. The van der Waals surface area contributed by atoms with E-state index in [-0.39, 0.29) is 0 Å². The molecular weight excluding hydrogens is 258 g/mol. The summed E-state index contributed by atoms with van der Waals surface area (Å²) in [6.07, 6.45) is 2.50. The number of para-hydroxylation sites is 1. The van der Waals surface area contributed by atoms with E-state index < -0.39 is 0 Å². The third kappa shape index (κ3) is 5.01.